The maximum absolute atomic E-state index is 4.90. The first kappa shape index (κ1) is 23.6. The van der Waals surface area contributed by atoms with Crippen LogP contribution in [0, 0.1) is 0 Å². The number of nitrogens with two attached hydrogens (primary N) is 4. The van der Waals surface area contributed by atoms with Gasteiger partial charge >= 0.3 is 0 Å². The van der Waals surface area contributed by atoms with Crippen molar-refractivity contribution in [2.45, 2.75) is 0 Å². The molecule has 0 bridgehead atoms. The molecule has 11 nitrogen and oxygen atoms in total. The third kappa shape index (κ3) is 31.8. The summed E-state index contributed by atoms with van der Waals surface area (Å²) in [6.07, 6.45) is 0. The van der Waals surface area contributed by atoms with E-state index < -0.39 is 0 Å². The highest BCUT2D eigenvalue weighted by molar-refractivity contribution is 4.27. The molecular formula is C8H26N4O7. The second kappa shape index (κ2) is 26.2. The van der Waals surface area contributed by atoms with Crippen molar-refractivity contribution in [1.29, 1.82) is 0 Å². The Kier molecular flexibility index (Phi) is 32.6. The van der Waals surface area contributed by atoms with Crippen LogP contribution in [0.3, 0.4) is 0 Å². The third-order valence-corrected chi connectivity index (χ3v) is 1.38. The second-order valence-electron chi connectivity index (χ2n) is 2.71. The Morgan fingerprint density at radius 3 is 0.789 bits per heavy atom. The van der Waals surface area contributed by atoms with Crippen molar-refractivity contribution in [3.63, 3.8) is 0 Å². The highest BCUT2D eigenvalue weighted by Gasteiger charge is 1.86. The van der Waals surface area contributed by atoms with Gasteiger partial charge in [0, 0.05) is 0 Å². The predicted molar refractivity (Wildman–Crippen MR) is 65.8 cm³/mol. The standard InChI is InChI=1S/2C4H12N2O3.H2O/c2*5-8-3-1-7-2-4-9-6;/h2*1-6H2;1H2. The van der Waals surface area contributed by atoms with Crippen LogP contribution < -0.4 is 23.6 Å². The quantitative estimate of drug-likeness (QED) is 0.209. The number of hydrogen-bond acceptors (Lipinski definition) is 10. The van der Waals surface area contributed by atoms with Crippen molar-refractivity contribution in [3.05, 3.63) is 0 Å². The predicted octanol–water partition coefficient (Wildman–Crippen LogP) is -3.26. The molecule has 0 unspecified atom stereocenters. The van der Waals surface area contributed by atoms with Crippen LogP contribution in [0.2, 0.25) is 0 Å². The smallest absolute Gasteiger partial charge is 0.0913 e. The summed E-state index contributed by atoms with van der Waals surface area (Å²) in [5.74, 6) is 18.8. The zero-order valence-electron chi connectivity index (χ0n) is 10.9. The van der Waals surface area contributed by atoms with Crippen LogP contribution in [0.5, 0.6) is 0 Å². The maximum Gasteiger partial charge on any atom is 0.0913 e. The Morgan fingerprint density at radius 1 is 0.421 bits per heavy atom. The Bertz CT molecular complexity index is 110. The van der Waals surface area contributed by atoms with Crippen LogP contribution in [0.25, 0.3) is 0 Å². The van der Waals surface area contributed by atoms with Crippen molar-refractivity contribution in [2.24, 2.45) is 23.6 Å². The average molecular weight is 290 g/mol. The molecule has 0 aromatic rings. The third-order valence-electron chi connectivity index (χ3n) is 1.38. The molecule has 0 amide bonds. The average Bonchev–Trinajstić information content (AvgIpc) is 2.39. The van der Waals surface area contributed by atoms with Crippen LogP contribution in [-0.4, -0.2) is 58.3 Å². The highest BCUT2D eigenvalue weighted by atomic mass is 16.6. The molecule has 0 aliphatic carbocycles. The summed E-state index contributed by atoms with van der Waals surface area (Å²) in [6, 6.07) is 0. The van der Waals surface area contributed by atoms with Gasteiger partial charge in [-0.3, -0.25) is 0 Å². The fourth-order valence-electron chi connectivity index (χ4n) is 0.632. The van der Waals surface area contributed by atoms with E-state index in [0.29, 0.717) is 52.9 Å². The minimum Gasteiger partial charge on any atom is -0.412 e. The summed E-state index contributed by atoms with van der Waals surface area (Å²) >= 11 is 0. The zero-order valence-corrected chi connectivity index (χ0v) is 10.9. The molecule has 0 saturated heterocycles. The summed E-state index contributed by atoms with van der Waals surface area (Å²) in [5, 5.41) is 0. The van der Waals surface area contributed by atoms with Crippen LogP contribution in [0.1, 0.15) is 0 Å². The van der Waals surface area contributed by atoms with Gasteiger partial charge in [-0.15, -0.1) is 0 Å². The van der Waals surface area contributed by atoms with E-state index in [1.165, 1.54) is 0 Å². The molecule has 10 N–H and O–H groups in total. The Labute approximate surface area is 112 Å². The molecule has 0 radical (unpaired) electrons. The summed E-state index contributed by atoms with van der Waals surface area (Å²) in [4.78, 5) is 16.9. The minimum absolute atomic E-state index is 0. The molecule has 0 aromatic carbocycles. The van der Waals surface area contributed by atoms with E-state index in [2.05, 4.69) is 19.4 Å². The first-order chi connectivity index (χ1) is 8.83. The molecular weight excluding hydrogens is 264 g/mol. The van der Waals surface area contributed by atoms with E-state index >= 15 is 0 Å². The molecule has 0 atom stereocenters. The number of hydrogen-bond donors (Lipinski definition) is 4. The molecule has 0 aromatic heterocycles. The Morgan fingerprint density at radius 2 is 0.632 bits per heavy atom. The molecule has 11 heteroatoms. The largest absolute Gasteiger partial charge is 0.412 e. The van der Waals surface area contributed by atoms with E-state index in [1.54, 1.807) is 0 Å². The molecule has 0 aliphatic rings. The van der Waals surface area contributed by atoms with E-state index in [4.69, 9.17) is 33.1 Å². The van der Waals surface area contributed by atoms with Gasteiger partial charge in [0.15, 0.2) is 0 Å². The molecule has 0 rings (SSSR count). The van der Waals surface area contributed by atoms with E-state index in [9.17, 15) is 0 Å². The lowest BCUT2D eigenvalue weighted by Gasteiger charge is -1.99. The lowest BCUT2D eigenvalue weighted by Crippen LogP contribution is -2.12. The molecule has 0 aliphatic heterocycles. The lowest BCUT2D eigenvalue weighted by atomic mass is 10.7. The van der Waals surface area contributed by atoms with Gasteiger partial charge in [0.25, 0.3) is 0 Å². The minimum atomic E-state index is 0. The van der Waals surface area contributed by atoms with Crippen LogP contribution in [0.4, 0.5) is 0 Å². The Hall–Kier alpha value is -0.440. The highest BCUT2D eigenvalue weighted by Crippen LogP contribution is 1.74. The van der Waals surface area contributed by atoms with Gasteiger partial charge in [-0.2, -0.15) is 0 Å². The molecule has 0 spiro atoms. The van der Waals surface area contributed by atoms with Crippen molar-refractivity contribution >= 4 is 0 Å². The lowest BCUT2D eigenvalue weighted by molar-refractivity contribution is 0.0140. The van der Waals surface area contributed by atoms with Gasteiger partial charge in [0.2, 0.25) is 0 Å². The van der Waals surface area contributed by atoms with Crippen LogP contribution in [0.15, 0.2) is 0 Å². The van der Waals surface area contributed by atoms with E-state index in [0.717, 1.165) is 0 Å². The molecule has 0 heterocycles. The van der Waals surface area contributed by atoms with E-state index in [-0.39, 0.29) is 5.48 Å². The van der Waals surface area contributed by atoms with Crippen molar-refractivity contribution in [1.82, 2.24) is 0 Å². The fraction of sp³-hybridized carbons (Fsp3) is 1.00. The zero-order chi connectivity index (χ0) is 13.9. The summed E-state index contributed by atoms with van der Waals surface area (Å²) in [7, 11) is 0. The molecule has 120 valence electrons. The summed E-state index contributed by atoms with van der Waals surface area (Å²) in [5.41, 5.74) is 0. The second-order valence-corrected chi connectivity index (χ2v) is 2.71. The monoisotopic (exact) mass is 290 g/mol. The topological polar surface area (TPSA) is 191 Å². The van der Waals surface area contributed by atoms with Gasteiger partial charge in [0.05, 0.1) is 52.9 Å². The summed E-state index contributed by atoms with van der Waals surface area (Å²) in [6.45, 7) is 3.46. The first-order valence-electron chi connectivity index (χ1n) is 5.25. The van der Waals surface area contributed by atoms with Gasteiger partial charge in [0.1, 0.15) is 0 Å². The van der Waals surface area contributed by atoms with Crippen LogP contribution >= 0.6 is 0 Å². The first-order valence-corrected chi connectivity index (χ1v) is 5.25. The maximum atomic E-state index is 4.90. The summed E-state index contributed by atoms with van der Waals surface area (Å²) < 4.78 is 9.81. The number of ether oxygens (including phenoxy) is 2. The molecule has 0 fully saturated rings. The van der Waals surface area contributed by atoms with Gasteiger partial charge < -0.3 is 34.3 Å². The van der Waals surface area contributed by atoms with E-state index in [1.807, 2.05) is 0 Å². The Balaban J connectivity index is -0.000000256. The van der Waals surface area contributed by atoms with Gasteiger partial charge in [-0.1, -0.05) is 0 Å². The SMILES string of the molecule is NOCCOCCON.NOCCOCCON.O. The number of rotatable bonds is 12. The van der Waals surface area contributed by atoms with Crippen molar-refractivity contribution in [2.75, 3.05) is 52.9 Å². The molecule has 19 heavy (non-hydrogen) atoms. The van der Waals surface area contributed by atoms with Crippen molar-refractivity contribution in [3.8, 4) is 0 Å². The van der Waals surface area contributed by atoms with Gasteiger partial charge in [-0.05, 0) is 0 Å². The fourth-order valence-corrected chi connectivity index (χ4v) is 0.632. The van der Waals surface area contributed by atoms with Crippen LogP contribution in [-0.2, 0) is 28.8 Å². The van der Waals surface area contributed by atoms with Gasteiger partial charge in [-0.25, -0.2) is 23.6 Å². The normalized spacial score (nSPS) is 9.47. The van der Waals surface area contributed by atoms with Crippen molar-refractivity contribution < 1.29 is 34.3 Å². The molecule has 0 saturated carbocycles.